The average Bonchev–Trinajstić information content (AvgIpc) is 3.56. The van der Waals surface area contributed by atoms with Gasteiger partial charge in [0.2, 0.25) is 0 Å². The van der Waals surface area contributed by atoms with Gasteiger partial charge in [0.05, 0.1) is 29.5 Å². The van der Waals surface area contributed by atoms with Crippen LogP contribution in [-0.4, -0.2) is 24.3 Å². The number of hydrogen-bond donors (Lipinski definition) is 0. The first kappa shape index (κ1) is 25.7. The van der Waals surface area contributed by atoms with Gasteiger partial charge in [0.25, 0.3) is 5.56 Å². The molecular weight excluding hydrogens is 520 g/mol. The van der Waals surface area contributed by atoms with Gasteiger partial charge in [-0.1, -0.05) is 59.9 Å². The lowest BCUT2D eigenvalue weighted by atomic mass is 10.0. The molecule has 2 aromatic carbocycles. The molecule has 0 fully saturated rings. The third-order valence-corrected chi connectivity index (χ3v) is 7.98. The standard InChI is InChI=1S/C29H26N2O5S2/c1-4-35-28(33)24-18(2)30-29-31(25(24)22-14-9-15-37-22)27(32)23(38-29)16-20-12-8-13-21(34-3)26(20)36-17-19-10-6-5-7-11-19/h5-16,25H,4,17H2,1-3H3/b23-16-/t25-/m0/s1. The number of esters is 1. The maximum absolute atomic E-state index is 13.8. The average molecular weight is 547 g/mol. The Hall–Kier alpha value is -3.95. The normalized spacial score (nSPS) is 15.1. The number of carbonyl (C=O) groups is 1. The monoisotopic (exact) mass is 546 g/mol. The molecule has 0 saturated carbocycles. The molecule has 9 heteroatoms. The van der Waals surface area contributed by atoms with Crippen molar-refractivity contribution < 1.29 is 19.0 Å². The molecule has 4 aromatic rings. The van der Waals surface area contributed by atoms with E-state index < -0.39 is 12.0 Å². The summed E-state index contributed by atoms with van der Waals surface area (Å²) in [6.45, 7) is 4.12. The van der Waals surface area contributed by atoms with Crippen molar-refractivity contribution in [2.75, 3.05) is 13.7 Å². The number of nitrogens with zero attached hydrogens (tertiary/aromatic N) is 2. The molecule has 1 aliphatic heterocycles. The van der Waals surface area contributed by atoms with Crippen LogP contribution in [-0.2, 0) is 16.1 Å². The molecule has 2 aromatic heterocycles. The van der Waals surface area contributed by atoms with Crippen LogP contribution in [0.15, 0.2) is 87.1 Å². The van der Waals surface area contributed by atoms with Gasteiger partial charge in [0.15, 0.2) is 16.3 Å². The highest BCUT2D eigenvalue weighted by atomic mass is 32.1. The van der Waals surface area contributed by atoms with E-state index in [2.05, 4.69) is 4.99 Å². The van der Waals surface area contributed by atoms with Crippen molar-refractivity contribution in [2.24, 2.45) is 4.99 Å². The van der Waals surface area contributed by atoms with Gasteiger partial charge in [-0.25, -0.2) is 9.79 Å². The highest BCUT2D eigenvalue weighted by Gasteiger charge is 2.33. The van der Waals surface area contributed by atoms with E-state index in [9.17, 15) is 9.59 Å². The molecular formula is C29H26N2O5S2. The van der Waals surface area contributed by atoms with Crippen molar-refractivity contribution in [2.45, 2.75) is 26.5 Å². The van der Waals surface area contributed by atoms with Gasteiger partial charge < -0.3 is 14.2 Å². The molecule has 0 spiro atoms. The highest BCUT2D eigenvalue weighted by molar-refractivity contribution is 7.10. The summed E-state index contributed by atoms with van der Waals surface area (Å²) in [5, 5.41) is 1.93. The zero-order chi connectivity index (χ0) is 26.6. The number of thiazole rings is 1. The molecule has 0 unspecified atom stereocenters. The Balaban J connectivity index is 1.63. The first-order valence-electron chi connectivity index (χ1n) is 12.1. The summed E-state index contributed by atoms with van der Waals surface area (Å²) in [5.41, 5.74) is 2.41. The predicted molar refractivity (Wildman–Crippen MR) is 148 cm³/mol. The van der Waals surface area contributed by atoms with E-state index in [-0.39, 0.29) is 12.2 Å². The number of methoxy groups -OCH3 is 1. The number of allylic oxidation sites excluding steroid dienone is 1. The van der Waals surface area contributed by atoms with E-state index in [0.29, 0.717) is 44.3 Å². The Kier molecular flexibility index (Phi) is 7.57. The summed E-state index contributed by atoms with van der Waals surface area (Å²) in [6, 6.07) is 18.6. The lowest BCUT2D eigenvalue weighted by molar-refractivity contribution is -0.139. The van der Waals surface area contributed by atoms with E-state index >= 15 is 0 Å². The Morgan fingerprint density at radius 3 is 2.63 bits per heavy atom. The molecule has 0 N–H and O–H groups in total. The van der Waals surface area contributed by atoms with Gasteiger partial charge in [-0.15, -0.1) is 11.3 Å². The largest absolute Gasteiger partial charge is 0.493 e. The second-order valence-electron chi connectivity index (χ2n) is 8.47. The molecule has 1 atom stereocenters. The first-order chi connectivity index (χ1) is 18.5. The highest BCUT2D eigenvalue weighted by Crippen LogP contribution is 2.34. The van der Waals surface area contributed by atoms with Crippen molar-refractivity contribution in [3.05, 3.63) is 113 Å². The minimum atomic E-state index is -0.605. The smallest absolute Gasteiger partial charge is 0.338 e. The quantitative estimate of drug-likeness (QED) is 0.305. The fourth-order valence-electron chi connectivity index (χ4n) is 4.34. The summed E-state index contributed by atoms with van der Waals surface area (Å²) in [7, 11) is 1.59. The number of hydrogen-bond acceptors (Lipinski definition) is 8. The first-order valence-corrected chi connectivity index (χ1v) is 13.8. The Labute approximate surface area is 227 Å². The Morgan fingerprint density at radius 1 is 1.11 bits per heavy atom. The van der Waals surface area contributed by atoms with Crippen LogP contribution in [0.4, 0.5) is 0 Å². The van der Waals surface area contributed by atoms with Gasteiger partial charge >= 0.3 is 5.97 Å². The van der Waals surface area contributed by atoms with Crippen LogP contribution >= 0.6 is 22.7 Å². The summed E-state index contributed by atoms with van der Waals surface area (Å²) in [6.07, 6.45) is 1.79. The van der Waals surface area contributed by atoms with Crippen LogP contribution < -0.4 is 24.4 Å². The van der Waals surface area contributed by atoms with Crippen molar-refractivity contribution in [1.29, 1.82) is 0 Å². The van der Waals surface area contributed by atoms with Crippen LogP contribution in [0.3, 0.4) is 0 Å². The summed E-state index contributed by atoms with van der Waals surface area (Å²) < 4.78 is 19.1. The summed E-state index contributed by atoms with van der Waals surface area (Å²) in [5.74, 6) is 0.646. The maximum atomic E-state index is 13.8. The number of carbonyl (C=O) groups excluding carboxylic acids is 1. The summed E-state index contributed by atoms with van der Waals surface area (Å²) in [4.78, 5) is 32.8. The number of rotatable bonds is 8. The maximum Gasteiger partial charge on any atom is 0.338 e. The topological polar surface area (TPSA) is 79.1 Å². The zero-order valence-corrected chi connectivity index (χ0v) is 22.8. The number of ether oxygens (including phenoxy) is 3. The van der Waals surface area contributed by atoms with Crippen LogP contribution in [0, 0.1) is 0 Å². The molecule has 0 radical (unpaired) electrons. The molecule has 3 heterocycles. The molecule has 1 aliphatic rings. The van der Waals surface area contributed by atoms with Crippen molar-refractivity contribution >= 4 is 34.7 Å². The molecule has 0 aliphatic carbocycles. The Bertz CT molecular complexity index is 1670. The van der Waals surface area contributed by atoms with Gasteiger partial charge in [0.1, 0.15) is 12.6 Å². The molecule has 0 bridgehead atoms. The lowest BCUT2D eigenvalue weighted by Crippen LogP contribution is -2.39. The van der Waals surface area contributed by atoms with Gasteiger partial charge in [-0.3, -0.25) is 9.36 Å². The van der Waals surface area contributed by atoms with Crippen LogP contribution in [0.1, 0.15) is 35.9 Å². The third kappa shape index (κ3) is 4.94. The van der Waals surface area contributed by atoms with Crippen molar-refractivity contribution in [1.82, 2.24) is 4.57 Å². The number of benzene rings is 2. The number of para-hydroxylation sites is 1. The molecule has 194 valence electrons. The molecule has 38 heavy (non-hydrogen) atoms. The number of thiophene rings is 1. The van der Waals surface area contributed by atoms with E-state index in [1.165, 1.54) is 22.7 Å². The van der Waals surface area contributed by atoms with E-state index in [4.69, 9.17) is 14.2 Å². The molecule has 0 amide bonds. The minimum absolute atomic E-state index is 0.235. The number of fused-ring (bicyclic) bond motifs is 1. The number of aromatic nitrogens is 1. The molecule has 0 saturated heterocycles. The van der Waals surface area contributed by atoms with E-state index in [1.54, 1.807) is 31.6 Å². The SMILES string of the molecule is CCOC(=O)C1=C(C)N=c2s/c(=C\c3cccc(OC)c3OCc3ccccc3)c(=O)n2[C@H]1c1cccs1. The fraction of sp³-hybridized carbons (Fsp3) is 0.207. The van der Waals surface area contributed by atoms with Crippen LogP contribution in [0.25, 0.3) is 6.08 Å². The van der Waals surface area contributed by atoms with Gasteiger partial charge in [-0.05, 0) is 43.0 Å². The fourth-order valence-corrected chi connectivity index (χ4v) is 6.20. The van der Waals surface area contributed by atoms with Crippen molar-refractivity contribution in [3.8, 4) is 11.5 Å². The second kappa shape index (κ2) is 11.2. The van der Waals surface area contributed by atoms with Crippen LogP contribution in [0.5, 0.6) is 11.5 Å². The van der Waals surface area contributed by atoms with Gasteiger partial charge in [0, 0.05) is 10.4 Å². The van der Waals surface area contributed by atoms with E-state index in [1.807, 2.05) is 66.0 Å². The molecule has 5 rings (SSSR count). The van der Waals surface area contributed by atoms with Crippen molar-refractivity contribution in [3.63, 3.8) is 0 Å². The van der Waals surface area contributed by atoms with Crippen LogP contribution in [0.2, 0.25) is 0 Å². The second-order valence-corrected chi connectivity index (χ2v) is 10.5. The zero-order valence-electron chi connectivity index (χ0n) is 21.2. The third-order valence-electron chi connectivity index (χ3n) is 6.07. The molecule has 7 nitrogen and oxygen atoms in total. The lowest BCUT2D eigenvalue weighted by Gasteiger charge is -2.23. The minimum Gasteiger partial charge on any atom is -0.493 e. The van der Waals surface area contributed by atoms with E-state index in [0.717, 1.165) is 10.4 Å². The van der Waals surface area contributed by atoms with Gasteiger partial charge in [-0.2, -0.15) is 0 Å². The summed E-state index contributed by atoms with van der Waals surface area (Å²) >= 11 is 2.76. The Morgan fingerprint density at radius 2 is 1.92 bits per heavy atom. The predicted octanol–water partition coefficient (Wildman–Crippen LogP) is 4.45.